The second kappa shape index (κ2) is 7.12. The lowest BCUT2D eigenvalue weighted by Crippen LogP contribution is -2.30. The highest BCUT2D eigenvalue weighted by Crippen LogP contribution is 2.47. The Labute approximate surface area is 147 Å². The molecule has 1 aliphatic heterocycles. The van der Waals surface area contributed by atoms with E-state index in [2.05, 4.69) is 89.1 Å². The average Bonchev–Trinajstić information content (AvgIpc) is 2.65. The molecule has 2 nitrogen and oxygen atoms in total. The molecule has 0 fully saturated rings. The quantitative estimate of drug-likeness (QED) is 0.656. The monoisotopic (exact) mass is 332 g/mol. The Morgan fingerprint density at radius 3 is 1.96 bits per heavy atom. The van der Waals surface area contributed by atoms with E-state index in [1.165, 1.54) is 26.7 Å². The lowest BCUT2D eigenvalue weighted by molar-refractivity contribution is 0.684. The highest BCUT2D eigenvalue weighted by molar-refractivity contribution is 7.99. The van der Waals surface area contributed by atoms with Crippen LogP contribution in [0.15, 0.2) is 88.7 Å². The molecule has 1 aliphatic rings. The van der Waals surface area contributed by atoms with E-state index < -0.39 is 0 Å². The minimum atomic E-state index is 0.909. The van der Waals surface area contributed by atoms with E-state index in [1.807, 2.05) is 11.8 Å². The maximum Gasteiger partial charge on any atom is 0.0553 e. The molecule has 0 aromatic heterocycles. The van der Waals surface area contributed by atoms with Gasteiger partial charge in [0.2, 0.25) is 0 Å². The third kappa shape index (κ3) is 3.18. The fourth-order valence-corrected chi connectivity index (χ4v) is 4.14. The van der Waals surface area contributed by atoms with Gasteiger partial charge in [0.25, 0.3) is 0 Å². The number of para-hydroxylation sites is 2. The maximum atomic E-state index is 3.56. The van der Waals surface area contributed by atoms with E-state index in [-0.39, 0.29) is 0 Å². The third-order valence-corrected chi connectivity index (χ3v) is 5.35. The molecule has 0 bridgehead atoms. The number of fused-ring (bicyclic) bond motifs is 2. The van der Waals surface area contributed by atoms with Crippen LogP contribution in [-0.4, -0.2) is 13.1 Å². The SMILES string of the molecule is c1ccc(CNCCN2c3ccccc3Sc3ccccc32)cc1. The lowest BCUT2D eigenvalue weighted by atomic mass is 10.2. The fraction of sp³-hybridized carbons (Fsp3) is 0.143. The first-order valence-corrected chi connectivity index (χ1v) is 9.11. The highest BCUT2D eigenvalue weighted by atomic mass is 32.2. The zero-order chi connectivity index (χ0) is 16.2. The summed E-state index contributed by atoms with van der Waals surface area (Å²) in [6.45, 7) is 2.82. The Morgan fingerprint density at radius 2 is 1.29 bits per heavy atom. The van der Waals surface area contributed by atoms with Gasteiger partial charge in [-0.05, 0) is 29.8 Å². The van der Waals surface area contributed by atoms with Crippen molar-refractivity contribution in [1.29, 1.82) is 0 Å². The summed E-state index contributed by atoms with van der Waals surface area (Å²) in [4.78, 5) is 5.10. The largest absolute Gasteiger partial charge is 0.338 e. The van der Waals surface area contributed by atoms with Gasteiger partial charge in [0.15, 0.2) is 0 Å². The van der Waals surface area contributed by atoms with Crippen molar-refractivity contribution in [3.63, 3.8) is 0 Å². The number of hydrogen-bond donors (Lipinski definition) is 1. The van der Waals surface area contributed by atoms with E-state index >= 15 is 0 Å². The summed E-state index contributed by atoms with van der Waals surface area (Å²) in [7, 11) is 0. The van der Waals surface area contributed by atoms with Crippen LogP contribution >= 0.6 is 11.8 Å². The molecule has 3 aromatic carbocycles. The summed E-state index contributed by atoms with van der Waals surface area (Å²) in [5.41, 5.74) is 3.94. The lowest BCUT2D eigenvalue weighted by Gasteiger charge is -2.32. The van der Waals surface area contributed by atoms with Crippen LogP contribution in [0.5, 0.6) is 0 Å². The molecule has 0 unspecified atom stereocenters. The van der Waals surface area contributed by atoms with Gasteiger partial charge in [-0.25, -0.2) is 0 Å². The average molecular weight is 332 g/mol. The number of nitrogens with zero attached hydrogens (tertiary/aromatic N) is 1. The molecule has 0 saturated heterocycles. The smallest absolute Gasteiger partial charge is 0.0553 e. The normalized spacial score (nSPS) is 12.6. The van der Waals surface area contributed by atoms with Crippen LogP contribution in [-0.2, 0) is 6.54 Å². The third-order valence-electron chi connectivity index (χ3n) is 4.22. The molecule has 0 spiro atoms. The Kier molecular flexibility index (Phi) is 4.54. The van der Waals surface area contributed by atoms with Gasteiger partial charge in [0, 0.05) is 29.4 Å². The first kappa shape index (κ1) is 15.3. The van der Waals surface area contributed by atoms with Crippen molar-refractivity contribution in [2.45, 2.75) is 16.3 Å². The first-order valence-electron chi connectivity index (χ1n) is 8.30. The zero-order valence-corrected chi connectivity index (χ0v) is 14.3. The summed E-state index contributed by atoms with van der Waals surface area (Å²) in [6.07, 6.45) is 0. The van der Waals surface area contributed by atoms with Gasteiger partial charge >= 0.3 is 0 Å². The van der Waals surface area contributed by atoms with E-state index in [0.717, 1.165) is 19.6 Å². The van der Waals surface area contributed by atoms with Gasteiger partial charge in [-0.2, -0.15) is 0 Å². The topological polar surface area (TPSA) is 15.3 Å². The molecule has 0 aliphatic carbocycles. The number of nitrogens with one attached hydrogen (secondary N) is 1. The van der Waals surface area contributed by atoms with E-state index in [0.29, 0.717) is 0 Å². The van der Waals surface area contributed by atoms with Crippen molar-refractivity contribution >= 4 is 23.1 Å². The van der Waals surface area contributed by atoms with Crippen molar-refractivity contribution < 1.29 is 0 Å². The molecule has 120 valence electrons. The predicted octanol–water partition coefficient (Wildman–Crippen LogP) is 5.08. The Balaban J connectivity index is 1.48. The zero-order valence-electron chi connectivity index (χ0n) is 13.5. The second-order valence-corrected chi connectivity index (χ2v) is 6.94. The second-order valence-electron chi connectivity index (χ2n) is 5.85. The minimum Gasteiger partial charge on any atom is -0.338 e. The summed E-state index contributed by atoms with van der Waals surface area (Å²) in [5.74, 6) is 0. The van der Waals surface area contributed by atoms with Gasteiger partial charge in [-0.1, -0.05) is 66.4 Å². The summed E-state index contributed by atoms with van der Waals surface area (Å²) < 4.78 is 0. The molecular formula is C21H20N2S. The molecule has 0 saturated carbocycles. The van der Waals surface area contributed by atoms with Crippen molar-refractivity contribution in [1.82, 2.24) is 5.32 Å². The molecule has 0 radical (unpaired) electrons. The summed E-state index contributed by atoms with van der Waals surface area (Å²) in [6, 6.07) is 27.9. The number of anilines is 2. The fourth-order valence-electron chi connectivity index (χ4n) is 3.04. The van der Waals surface area contributed by atoms with Crippen LogP contribution in [0.3, 0.4) is 0 Å². The van der Waals surface area contributed by atoms with Crippen molar-refractivity contribution in [2.24, 2.45) is 0 Å². The molecule has 0 atom stereocenters. The van der Waals surface area contributed by atoms with Gasteiger partial charge in [0.1, 0.15) is 0 Å². The molecular weight excluding hydrogens is 312 g/mol. The van der Waals surface area contributed by atoms with Crippen molar-refractivity contribution in [3.05, 3.63) is 84.4 Å². The summed E-state index contributed by atoms with van der Waals surface area (Å²) >= 11 is 1.86. The standard InChI is InChI=1S/C21H20N2S/c1-2-8-17(9-3-1)16-22-14-15-23-18-10-4-6-12-20(18)24-21-13-7-5-11-19(21)23/h1-13,22H,14-16H2. The van der Waals surface area contributed by atoms with Gasteiger partial charge in [-0.3, -0.25) is 0 Å². The Morgan fingerprint density at radius 1 is 0.708 bits per heavy atom. The van der Waals surface area contributed by atoms with Crippen LogP contribution < -0.4 is 10.2 Å². The Bertz CT molecular complexity index is 771. The van der Waals surface area contributed by atoms with Gasteiger partial charge in [0.05, 0.1) is 11.4 Å². The Hall–Kier alpha value is -2.23. The summed E-state index contributed by atoms with van der Waals surface area (Å²) in [5, 5.41) is 3.56. The molecule has 3 heteroatoms. The van der Waals surface area contributed by atoms with Gasteiger partial charge in [-0.15, -0.1) is 0 Å². The molecule has 24 heavy (non-hydrogen) atoms. The number of rotatable bonds is 5. The molecule has 1 heterocycles. The minimum absolute atomic E-state index is 0.909. The predicted molar refractivity (Wildman–Crippen MR) is 102 cm³/mol. The number of hydrogen-bond acceptors (Lipinski definition) is 3. The molecule has 1 N–H and O–H groups in total. The highest BCUT2D eigenvalue weighted by Gasteiger charge is 2.21. The molecule has 4 rings (SSSR count). The van der Waals surface area contributed by atoms with Crippen LogP contribution in [0.1, 0.15) is 5.56 Å². The molecule has 0 amide bonds. The van der Waals surface area contributed by atoms with Crippen molar-refractivity contribution in [3.8, 4) is 0 Å². The van der Waals surface area contributed by atoms with E-state index in [9.17, 15) is 0 Å². The van der Waals surface area contributed by atoms with Crippen molar-refractivity contribution in [2.75, 3.05) is 18.0 Å². The van der Waals surface area contributed by atoms with E-state index in [4.69, 9.17) is 0 Å². The van der Waals surface area contributed by atoms with Crippen LogP contribution in [0.2, 0.25) is 0 Å². The van der Waals surface area contributed by atoms with Crippen LogP contribution in [0.25, 0.3) is 0 Å². The van der Waals surface area contributed by atoms with Crippen LogP contribution in [0.4, 0.5) is 11.4 Å². The van der Waals surface area contributed by atoms with E-state index in [1.54, 1.807) is 0 Å². The number of benzene rings is 3. The van der Waals surface area contributed by atoms with Crippen LogP contribution in [0, 0.1) is 0 Å². The molecule has 3 aromatic rings. The van der Waals surface area contributed by atoms with Gasteiger partial charge < -0.3 is 10.2 Å². The first-order chi connectivity index (χ1) is 11.9. The maximum absolute atomic E-state index is 3.56.